The normalized spacial score (nSPS) is 16.0. The predicted octanol–water partition coefficient (Wildman–Crippen LogP) is 0.935. The lowest BCUT2D eigenvalue weighted by Crippen LogP contribution is -2.17. The summed E-state index contributed by atoms with van der Waals surface area (Å²) in [7, 11) is 1.56. The first-order chi connectivity index (χ1) is 5.70. The number of aliphatic hydroxyl groups excluding tert-OH is 2. The van der Waals surface area contributed by atoms with Crippen LogP contribution >= 0.6 is 0 Å². The summed E-state index contributed by atoms with van der Waals surface area (Å²) >= 11 is 0. The van der Waals surface area contributed by atoms with Crippen molar-refractivity contribution in [2.45, 2.75) is 44.8 Å². The maximum Gasteiger partial charge on any atom is 0.0774 e. The number of methoxy groups -OCH3 is 1. The van der Waals surface area contributed by atoms with Gasteiger partial charge in [0.1, 0.15) is 0 Å². The summed E-state index contributed by atoms with van der Waals surface area (Å²) in [4.78, 5) is 0. The Morgan fingerprint density at radius 3 is 2.17 bits per heavy atom. The molecule has 0 amide bonds. The van der Waals surface area contributed by atoms with Crippen molar-refractivity contribution < 1.29 is 14.9 Å². The van der Waals surface area contributed by atoms with Crippen LogP contribution in [0.15, 0.2) is 0 Å². The van der Waals surface area contributed by atoms with Gasteiger partial charge >= 0.3 is 0 Å². The minimum absolute atomic E-state index is 0.262. The molecule has 0 aromatic rings. The average Bonchev–Trinajstić information content (AvgIpc) is 2.02. The van der Waals surface area contributed by atoms with E-state index in [0.29, 0.717) is 19.4 Å². The lowest BCUT2D eigenvalue weighted by molar-refractivity contribution is 0.0450. The van der Waals surface area contributed by atoms with Gasteiger partial charge in [-0.15, -0.1) is 0 Å². The molecule has 0 heterocycles. The van der Waals surface area contributed by atoms with Gasteiger partial charge in [0, 0.05) is 7.11 Å². The summed E-state index contributed by atoms with van der Waals surface area (Å²) in [5.74, 6) is 0. The number of ether oxygens (including phenoxy) is 1. The molecule has 0 radical (unpaired) electrons. The zero-order valence-corrected chi connectivity index (χ0v) is 7.99. The maximum atomic E-state index is 9.31. The Kier molecular flexibility index (Phi) is 7.45. The van der Waals surface area contributed by atoms with Crippen molar-refractivity contribution in [3.05, 3.63) is 0 Å². The Hall–Kier alpha value is -0.120. The quantitative estimate of drug-likeness (QED) is 0.607. The summed E-state index contributed by atoms with van der Waals surface area (Å²) in [6.45, 7) is 2.40. The van der Waals surface area contributed by atoms with E-state index in [2.05, 4.69) is 0 Å². The first kappa shape index (κ1) is 11.9. The zero-order chi connectivity index (χ0) is 9.40. The van der Waals surface area contributed by atoms with Gasteiger partial charge in [-0.2, -0.15) is 0 Å². The monoisotopic (exact) mass is 176 g/mol. The SMILES string of the molecule is CCCC(O)CCC(O)COC. The molecule has 0 rings (SSSR count). The Morgan fingerprint density at radius 1 is 1.08 bits per heavy atom. The molecule has 0 aliphatic carbocycles. The molecule has 0 spiro atoms. The predicted molar refractivity (Wildman–Crippen MR) is 48.0 cm³/mol. The van der Waals surface area contributed by atoms with Crippen molar-refractivity contribution in [1.29, 1.82) is 0 Å². The van der Waals surface area contributed by atoms with E-state index in [1.54, 1.807) is 7.11 Å². The summed E-state index contributed by atoms with van der Waals surface area (Å²) in [5.41, 5.74) is 0. The molecule has 2 N–H and O–H groups in total. The van der Waals surface area contributed by atoms with E-state index in [4.69, 9.17) is 4.74 Å². The van der Waals surface area contributed by atoms with E-state index in [1.165, 1.54) is 0 Å². The molecule has 0 aliphatic rings. The van der Waals surface area contributed by atoms with Crippen LogP contribution in [-0.4, -0.2) is 36.1 Å². The van der Waals surface area contributed by atoms with Crippen LogP contribution in [0.5, 0.6) is 0 Å². The van der Waals surface area contributed by atoms with Crippen LogP contribution in [-0.2, 0) is 4.74 Å². The van der Waals surface area contributed by atoms with Gasteiger partial charge in [0.15, 0.2) is 0 Å². The van der Waals surface area contributed by atoms with E-state index in [-0.39, 0.29) is 6.10 Å². The lowest BCUT2D eigenvalue weighted by atomic mass is 10.1. The van der Waals surface area contributed by atoms with E-state index >= 15 is 0 Å². The third kappa shape index (κ3) is 6.58. The fraction of sp³-hybridized carbons (Fsp3) is 1.00. The fourth-order valence-corrected chi connectivity index (χ4v) is 1.14. The Morgan fingerprint density at radius 2 is 1.67 bits per heavy atom. The van der Waals surface area contributed by atoms with Gasteiger partial charge in [-0.05, 0) is 19.3 Å². The molecule has 0 bridgehead atoms. The van der Waals surface area contributed by atoms with Gasteiger partial charge in [0.2, 0.25) is 0 Å². The first-order valence-corrected chi connectivity index (χ1v) is 4.55. The molecular formula is C9H20O3. The number of aliphatic hydroxyl groups is 2. The van der Waals surface area contributed by atoms with Crippen molar-refractivity contribution in [2.24, 2.45) is 0 Å². The summed E-state index contributed by atoms with van der Waals surface area (Å²) in [5, 5.41) is 18.5. The molecule has 2 atom stereocenters. The van der Waals surface area contributed by atoms with Gasteiger partial charge < -0.3 is 14.9 Å². The molecule has 0 saturated carbocycles. The van der Waals surface area contributed by atoms with Crippen LogP contribution < -0.4 is 0 Å². The molecule has 2 unspecified atom stereocenters. The minimum atomic E-state index is -0.429. The highest BCUT2D eigenvalue weighted by Crippen LogP contribution is 2.06. The standard InChI is InChI=1S/C9H20O3/c1-3-4-8(10)5-6-9(11)7-12-2/h8-11H,3-7H2,1-2H3. The van der Waals surface area contributed by atoms with Crippen LogP contribution in [0.2, 0.25) is 0 Å². The highest BCUT2D eigenvalue weighted by Gasteiger charge is 2.07. The van der Waals surface area contributed by atoms with Gasteiger partial charge in [0.05, 0.1) is 18.8 Å². The molecular weight excluding hydrogens is 156 g/mol. The third-order valence-electron chi connectivity index (χ3n) is 1.81. The topological polar surface area (TPSA) is 49.7 Å². The van der Waals surface area contributed by atoms with Crippen LogP contribution in [0.4, 0.5) is 0 Å². The summed E-state index contributed by atoms with van der Waals surface area (Å²) in [6.07, 6.45) is 2.40. The number of rotatable bonds is 7. The molecule has 12 heavy (non-hydrogen) atoms. The van der Waals surface area contributed by atoms with E-state index in [0.717, 1.165) is 12.8 Å². The second kappa shape index (κ2) is 7.53. The zero-order valence-electron chi connectivity index (χ0n) is 7.99. The second-order valence-corrected chi connectivity index (χ2v) is 3.13. The van der Waals surface area contributed by atoms with E-state index < -0.39 is 6.10 Å². The molecule has 0 saturated heterocycles. The van der Waals surface area contributed by atoms with Crippen LogP contribution in [0.1, 0.15) is 32.6 Å². The van der Waals surface area contributed by atoms with Crippen molar-refractivity contribution in [3.8, 4) is 0 Å². The van der Waals surface area contributed by atoms with Crippen molar-refractivity contribution in [3.63, 3.8) is 0 Å². The van der Waals surface area contributed by atoms with E-state index in [9.17, 15) is 10.2 Å². The van der Waals surface area contributed by atoms with Crippen molar-refractivity contribution >= 4 is 0 Å². The first-order valence-electron chi connectivity index (χ1n) is 4.55. The molecule has 0 aliphatic heterocycles. The van der Waals surface area contributed by atoms with Gasteiger partial charge in [-0.1, -0.05) is 13.3 Å². The Labute approximate surface area is 74.4 Å². The molecule has 0 aromatic carbocycles. The maximum absolute atomic E-state index is 9.31. The van der Waals surface area contributed by atoms with Gasteiger partial charge in [-0.3, -0.25) is 0 Å². The average molecular weight is 176 g/mol. The highest BCUT2D eigenvalue weighted by atomic mass is 16.5. The molecule has 3 nitrogen and oxygen atoms in total. The molecule has 3 heteroatoms. The molecule has 0 fully saturated rings. The second-order valence-electron chi connectivity index (χ2n) is 3.13. The van der Waals surface area contributed by atoms with Gasteiger partial charge in [0.25, 0.3) is 0 Å². The van der Waals surface area contributed by atoms with Crippen molar-refractivity contribution in [2.75, 3.05) is 13.7 Å². The van der Waals surface area contributed by atoms with Crippen molar-refractivity contribution in [1.82, 2.24) is 0 Å². The van der Waals surface area contributed by atoms with Crippen LogP contribution in [0.3, 0.4) is 0 Å². The number of hydrogen-bond donors (Lipinski definition) is 2. The Balaban J connectivity index is 3.27. The largest absolute Gasteiger partial charge is 0.393 e. The van der Waals surface area contributed by atoms with Gasteiger partial charge in [-0.25, -0.2) is 0 Å². The lowest BCUT2D eigenvalue weighted by Gasteiger charge is -2.12. The molecule has 0 aromatic heterocycles. The molecule has 74 valence electrons. The summed E-state index contributed by atoms with van der Waals surface area (Å²) in [6, 6.07) is 0. The highest BCUT2D eigenvalue weighted by molar-refractivity contribution is 4.60. The van der Waals surface area contributed by atoms with E-state index in [1.807, 2.05) is 6.92 Å². The number of hydrogen-bond acceptors (Lipinski definition) is 3. The smallest absolute Gasteiger partial charge is 0.0774 e. The Bertz CT molecular complexity index is 83.8. The minimum Gasteiger partial charge on any atom is -0.393 e. The third-order valence-corrected chi connectivity index (χ3v) is 1.81. The summed E-state index contributed by atoms with van der Waals surface area (Å²) < 4.78 is 4.76. The van der Waals surface area contributed by atoms with Crippen LogP contribution in [0, 0.1) is 0 Å². The van der Waals surface area contributed by atoms with Crippen LogP contribution in [0.25, 0.3) is 0 Å². The fourth-order valence-electron chi connectivity index (χ4n) is 1.14.